The highest BCUT2D eigenvalue weighted by Crippen LogP contribution is 2.32. The first-order valence-electron chi connectivity index (χ1n) is 9.51. The lowest BCUT2D eigenvalue weighted by atomic mass is 9.81. The van der Waals surface area contributed by atoms with Crippen LogP contribution in [0.15, 0.2) is 0 Å². The van der Waals surface area contributed by atoms with Crippen LogP contribution < -0.4 is 5.32 Å². The van der Waals surface area contributed by atoms with Crippen molar-refractivity contribution in [3.05, 3.63) is 0 Å². The molecule has 126 valence electrons. The predicted octanol–water partition coefficient (Wildman–Crippen LogP) is 4.69. The highest BCUT2D eigenvalue weighted by Gasteiger charge is 2.32. The molecule has 0 radical (unpaired) electrons. The standard InChI is InChI=1S/C19H40N2/c1-6-19(7-2,15-20-8-3)16-21(14-13-17(4)5)18-11-9-10-12-18/h17-18,20H,6-16H2,1-5H3. The topological polar surface area (TPSA) is 15.3 Å². The van der Waals surface area contributed by atoms with E-state index in [1.807, 2.05) is 0 Å². The average Bonchev–Trinajstić information content (AvgIpc) is 3.01. The third kappa shape index (κ3) is 6.28. The molecule has 0 bridgehead atoms. The summed E-state index contributed by atoms with van der Waals surface area (Å²) in [4.78, 5) is 2.86. The fourth-order valence-corrected chi connectivity index (χ4v) is 3.68. The van der Waals surface area contributed by atoms with Gasteiger partial charge in [-0.15, -0.1) is 0 Å². The van der Waals surface area contributed by atoms with Gasteiger partial charge in [-0.2, -0.15) is 0 Å². The van der Waals surface area contributed by atoms with Gasteiger partial charge in [-0.25, -0.2) is 0 Å². The molecular formula is C19H40N2. The Balaban J connectivity index is 2.69. The summed E-state index contributed by atoms with van der Waals surface area (Å²) < 4.78 is 0. The van der Waals surface area contributed by atoms with Gasteiger partial charge < -0.3 is 5.32 Å². The Morgan fingerprint density at radius 2 is 1.71 bits per heavy atom. The van der Waals surface area contributed by atoms with Crippen LogP contribution in [0.3, 0.4) is 0 Å². The average molecular weight is 297 g/mol. The van der Waals surface area contributed by atoms with Gasteiger partial charge in [0.05, 0.1) is 0 Å². The molecule has 1 aliphatic carbocycles. The van der Waals surface area contributed by atoms with E-state index in [4.69, 9.17) is 0 Å². The number of hydrogen-bond acceptors (Lipinski definition) is 2. The molecule has 1 rings (SSSR count). The minimum atomic E-state index is 0.468. The molecule has 0 amide bonds. The van der Waals surface area contributed by atoms with E-state index in [2.05, 4.69) is 44.8 Å². The van der Waals surface area contributed by atoms with E-state index < -0.39 is 0 Å². The Hall–Kier alpha value is -0.0800. The number of nitrogens with zero attached hydrogens (tertiary/aromatic N) is 1. The molecular weight excluding hydrogens is 256 g/mol. The van der Waals surface area contributed by atoms with Crippen molar-refractivity contribution in [2.45, 2.75) is 85.6 Å². The minimum absolute atomic E-state index is 0.468. The van der Waals surface area contributed by atoms with Crippen molar-refractivity contribution in [2.75, 3.05) is 26.2 Å². The van der Waals surface area contributed by atoms with Crippen LogP contribution in [-0.2, 0) is 0 Å². The fourth-order valence-electron chi connectivity index (χ4n) is 3.68. The SMILES string of the molecule is CCNCC(CC)(CC)CN(CCC(C)C)C1CCCC1. The van der Waals surface area contributed by atoms with Crippen LogP contribution in [0.5, 0.6) is 0 Å². The minimum Gasteiger partial charge on any atom is -0.316 e. The molecule has 0 aromatic rings. The van der Waals surface area contributed by atoms with E-state index in [1.54, 1.807) is 0 Å². The van der Waals surface area contributed by atoms with Crippen molar-refractivity contribution in [1.82, 2.24) is 10.2 Å². The predicted molar refractivity (Wildman–Crippen MR) is 94.8 cm³/mol. The molecule has 1 N–H and O–H groups in total. The molecule has 0 aromatic carbocycles. The first-order chi connectivity index (χ1) is 10.1. The summed E-state index contributed by atoms with van der Waals surface area (Å²) in [5.74, 6) is 0.820. The summed E-state index contributed by atoms with van der Waals surface area (Å²) in [5.41, 5.74) is 0.468. The summed E-state index contributed by atoms with van der Waals surface area (Å²) in [6, 6.07) is 0.864. The quantitative estimate of drug-likeness (QED) is 0.595. The molecule has 0 heterocycles. The Morgan fingerprint density at radius 1 is 1.10 bits per heavy atom. The molecule has 0 saturated heterocycles. The Morgan fingerprint density at radius 3 is 2.19 bits per heavy atom. The molecule has 21 heavy (non-hydrogen) atoms. The van der Waals surface area contributed by atoms with Gasteiger partial charge in [0.1, 0.15) is 0 Å². The smallest absolute Gasteiger partial charge is 0.00955 e. The maximum atomic E-state index is 3.63. The third-order valence-electron chi connectivity index (χ3n) is 5.62. The Labute approximate surface area is 134 Å². The van der Waals surface area contributed by atoms with Crippen molar-refractivity contribution in [2.24, 2.45) is 11.3 Å². The van der Waals surface area contributed by atoms with Gasteiger partial charge in [-0.05, 0) is 56.5 Å². The number of rotatable bonds is 11. The lowest BCUT2D eigenvalue weighted by Crippen LogP contribution is -2.47. The van der Waals surface area contributed by atoms with Crippen LogP contribution in [0.25, 0.3) is 0 Å². The maximum absolute atomic E-state index is 3.63. The van der Waals surface area contributed by atoms with Gasteiger partial charge in [0, 0.05) is 19.1 Å². The first-order valence-corrected chi connectivity index (χ1v) is 9.51. The molecule has 0 spiro atoms. The summed E-state index contributed by atoms with van der Waals surface area (Å²) >= 11 is 0. The molecule has 2 nitrogen and oxygen atoms in total. The summed E-state index contributed by atoms with van der Waals surface area (Å²) in [6.45, 7) is 16.6. The monoisotopic (exact) mass is 296 g/mol. The van der Waals surface area contributed by atoms with E-state index in [9.17, 15) is 0 Å². The largest absolute Gasteiger partial charge is 0.316 e. The summed E-state index contributed by atoms with van der Waals surface area (Å²) in [5, 5.41) is 3.63. The second-order valence-electron chi connectivity index (χ2n) is 7.58. The zero-order chi connectivity index (χ0) is 15.7. The van der Waals surface area contributed by atoms with Crippen LogP contribution in [0.2, 0.25) is 0 Å². The lowest BCUT2D eigenvalue weighted by Gasteiger charge is -2.40. The molecule has 2 heteroatoms. The van der Waals surface area contributed by atoms with Gasteiger partial charge in [-0.1, -0.05) is 47.5 Å². The molecule has 0 aliphatic heterocycles. The molecule has 0 unspecified atom stereocenters. The van der Waals surface area contributed by atoms with Gasteiger partial charge in [-0.3, -0.25) is 4.90 Å². The fraction of sp³-hybridized carbons (Fsp3) is 1.00. The number of hydrogen-bond donors (Lipinski definition) is 1. The molecule has 1 aliphatic rings. The van der Waals surface area contributed by atoms with Gasteiger partial charge >= 0.3 is 0 Å². The van der Waals surface area contributed by atoms with E-state index in [0.29, 0.717) is 5.41 Å². The zero-order valence-electron chi connectivity index (χ0n) is 15.4. The van der Waals surface area contributed by atoms with Crippen LogP contribution in [-0.4, -0.2) is 37.1 Å². The maximum Gasteiger partial charge on any atom is 0.00955 e. The van der Waals surface area contributed by atoms with Crippen LogP contribution in [0.1, 0.15) is 79.6 Å². The van der Waals surface area contributed by atoms with E-state index in [1.165, 1.54) is 64.6 Å². The van der Waals surface area contributed by atoms with Gasteiger partial charge in [0.15, 0.2) is 0 Å². The zero-order valence-corrected chi connectivity index (χ0v) is 15.4. The van der Waals surface area contributed by atoms with Crippen molar-refractivity contribution >= 4 is 0 Å². The second kappa shape index (κ2) is 9.84. The Kier molecular flexibility index (Phi) is 8.89. The molecule has 0 aromatic heterocycles. The second-order valence-corrected chi connectivity index (χ2v) is 7.58. The van der Waals surface area contributed by atoms with Crippen molar-refractivity contribution in [1.29, 1.82) is 0 Å². The first kappa shape index (κ1) is 19.0. The van der Waals surface area contributed by atoms with Crippen LogP contribution in [0, 0.1) is 11.3 Å². The van der Waals surface area contributed by atoms with Crippen LogP contribution >= 0.6 is 0 Å². The summed E-state index contributed by atoms with van der Waals surface area (Å²) in [6.07, 6.45) is 9.69. The van der Waals surface area contributed by atoms with E-state index >= 15 is 0 Å². The lowest BCUT2D eigenvalue weighted by molar-refractivity contribution is 0.0948. The highest BCUT2D eigenvalue weighted by atomic mass is 15.2. The molecule has 1 saturated carbocycles. The van der Waals surface area contributed by atoms with Gasteiger partial charge in [0.25, 0.3) is 0 Å². The van der Waals surface area contributed by atoms with Crippen molar-refractivity contribution < 1.29 is 0 Å². The van der Waals surface area contributed by atoms with E-state index in [-0.39, 0.29) is 0 Å². The molecule has 0 atom stereocenters. The summed E-state index contributed by atoms with van der Waals surface area (Å²) in [7, 11) is 0. The van der Waals surface area contributed by atoms with Crippen LogP contribution in [0.4, 0.5) is 0 Å². The normalized spacial score (nSPS) is 17.3. The van der Waals surface area contributed by atoms with Crippen molar-refractivity contribution in [3.8, 4) is 0 Å². The Bertz CT molecular complexity index is 252. The molecule has 1 fully saturated rings. The number of nitrogens with one attached hydrogen (secondary N) is 1. The van der Waals surface area contributed by atoms with Crippen molar-refractivity contribution in [3.63, 3.8) is 0 Å². The highest BCUT2D eigenvalue weighted by molar-refractivity contribution is 4.87. The van der Waals surface area contributed by atoms with Gasteiger partial charge in [0.2, 0.25) is 0 Å². The van der Waals surface area contributed by atoms with E-state index in [0.717, 1.165) is 18.5 Å². The third-order valence-corrected chi connectivity index (χ3v) is 5.62.